The third-order valence-electron chi connectivity index (χ3n) is 1.85. The Labute approximate surface area is 84.1 Å². The molecule has 0 spiro atoms. The zero-order valence-electron chi connectivity index (χ0n) is 6.60. The molecule has 0 bridgehead atoms. The predicted octanol–water partition coefficient (Wildman–Crippen LogP) is 2.78. The molecule has 0 aliphatic rings. The quantitative estimate of drug-likeness (QED) is 0.794. The number of hydrogen-bond acceptors (Lipinski definition) is 1. The summed E-state index contributed by atoms with van der Waals surface area (Å²) in [6, 6.07) is 6.08. The van der Waals surface area contributed by atoms with Gasteiger partial charge >= 0.3 is 0 Å². The van der Waals surface area contributed by atoms with Crippen molar-refractivity contribution in [3.8, 4) is 5.75 Å². The second-order valence-electron chi connectivity index (χ2n) is 2.52. The fourth-order valence-electron chi connectivity index (χ4n) is 1.26. The number of rotatable bonds is 1. The van der Waals surface area contributed by atoms with Crippen LogP contribution in [0.2, 0.25) is 0 Å². The second-order valence-corrected chi connectivity index (χ2v) is 3.68. The lowest BCUT2D eigenvalue weighted by Gasteiger charge is -2.01. The van der Waals surface area contributed by atoms with E-state index in [1.807, 2.05) is 12.3 Å². The number of fused-ring (bicyclic) bond motifs is 1. The first kappa shape index (κ1) is 7.91. The Morgan fingerprint density at radius 3 is 2.92 bits per heavy atom. The van der Waals surface area contributed by atoms with Gasteiger partial charge < -0.3 is 9.72 Å². The van der Waals surface area contributed by atoms with E-state index in [4.69, 9.17) is 4.74 Å². The van der Waals surface area contributed by atoms with Crippen molar-refractivity contribution in [1.82, 2.24) is 4.98 Å². The highest BCUT2D eigenvalue weighted by Gasteiger charge is 2.04. The molecule has 2 nitrogen and oxygen atoms in total. The van der Waals surface area contributed by atoms with Crippen LogP contribution in [0.25, 0.3) is 10.9 Å². The largest absolute Gasteiger partial charge is 0.495 e. The maximum Gasteiger partial charge on any atom is 0.142 e. The Kier molecular flexibility index (Phi) is 1.96. The molecule has 12 heavy (non-hydrogen) atoms. The molecular formula is C9H8INO. The Morgan fingerprint density at radius 2 is 2.17 bits per heavy atom. The van der Waals surface area contributed by atoms with Crippen molar-refractivity contribution in [2.24, 2.45) is 0 Å². The van der Waals surface area contributed by atoms with Crippen molar-refractivity contribution >= 4 is 33.5 Å². The van der Waals surface area contributed by atoms with Gasteiger partial charge in [0.2, 0.25) is 0 Å². The normalized spacial score (nSPS) is 10.5. The van der Waals surface area contributed by atoms with Gasteiger partial charge in [0.25, 0.3) is 0 Å². The first-order chi connectivity index (χ1) is 5.83. The summed E-state index contributed by atoms with van der Waals surface area (Å²) in [5, 5.41) is 1.22. The summed E-state index contributed by atoms with van der Waals surface area (Å²) >= 11 is 2.31. The molecule has 2 rings (SSSR count). The summed E-state index contributed by atoms with van der Waals surface area (Å²) in [5.74, 6) is 0.899. The van der Waals surface area contributed by atoms with E-state index in [1.54, 1.807) is 7.11 Å². The highest BCUT2D eigenvalue weighted by atomic mass is 127. The van der Waals surface area contributed by atoms with E-state index in [2.05, 4.69) is 39.7 Å². The van der Waals surface area contributed by atoms with E-state index < -0.39 is 0 Å². The van der Waals surface area contributed by atoms with E-state index in [0.717, 1.165) is 11.3 Å². The van der Waals surface area contributed by atoms with Gasteiger partial charge in [0, 0.05) is 15.2 Å². The Hall–Kier alpha value is -0.710. The van der Waals surface area contributed by atoms with Gasteiger partial charge in [0.1, 0.15) is 5.75 Å². The SMILES string of the molecule is COc1ccc(I)c2cc[nH]c12. The lowest BCUT2D eigenvalue weighted by molar-refractivity contribution is 0.419. The zero-order valence-corrected chi connectivity index (χ0v) is 8.75. The maximum atomic E-state index is 5.21. The second kappa shape index (κ2) is 2.97. The van der Waals surface area contributed by atoms with Crippen LogP contribution in [0, 0.1) is 3.57 Å². The van der Waals surface area contributed by atoms with Crippen LogP contribution in [-0.2, 0) is 0 Å². The smallest absolute Gasteiger partial charge is 0.142 e. The molecule has 2 aromatic rings. The van der Waals surface area contributed by atoms with Crippen molar-refractivity contribution < 1.29 is 4.74 Å². The van der Waals surface area contributed by atoms with Gasteiger partial charge in [-0.2, -0.15) is 0 Å². The molecule has 62 valence electrons. The van der Waals surface area contributed by atoms with E-state index in [9.17, 15) is 0 Å². The number of methoxy groups -OCH3 is 1. The number of ether oxygens (including phenoxy) is 1. The van der Waals surface area contributed by atoms with Crippen LogP contribution in [0.5, 0.6) is 5.75 Å². The van der Waals surface area contributed by atoms with E-state index in [1.165, 1.54) is 8.96 Å². The highest BCUT2D eigenvalue weighted by Crippen LogP contribution is 2.27. The van der Waals surface area contributed by atoms with Crippen LogP contribution in [0.15, 0.2) is 24.4 Å². The fourth-order valence-corrected chi connectivity index (χ4v) is 1.89. The van der Waals surface area contributed by atoms with Crippen LogP contribution < -0.4 is 4.74 Å². The molecule has 0 aliphatic heterocycles. The number of aromatic nitrogens is 1. The van der Waals surface area contributed by atoms with Crippen LogP contribution >= 0.6 is 22.6 Å². The average molecular weight is 273 g/mol. The van der Waals surface area contributed by atoms with Crippen LogP contribution in [0.3, 0.4) is 0 Å². The molecule has 0 amide bonds. The number of nitrogens with one attached hydrogen (secondary N) is 1. The van der Waals surface area contributed by atoms with Crippen molar-refractivity contribution in [1.29, 1.82) is 0 Å². The van der Waals surface area contributed by atoms with E-state index in [0.29, 0.717) is 0 Å². The average Bonchev–Trinajstić information content (AvgIpc) is 2.54. The first-order valence-corrected chi connectivity index (χ1v) is 4.70. The summed E-state index contributed by atoms with van der Waals surface area (Å²) < 4.78 is 6.45. The minimum Gasteiger partial charge on any atom is -0.495 e. The Balaban J connectivity index is 2.82. The van der Waals surface area contributed by atoms with Gasteiger partial charge in [0.15, 0.2) is 0 Å². The van der Waals surface area contributed by atoms with E-state index >= 15 is 0 Å². The number of benzene rings is 1. The van der Waals surface area contributed by atoms with Crippen LogP contribution in [-0.4, -0.2) is 12.1 Å². The minimum absolute atomic E-state index is 0.899. The third-order valence-corrected chi connectivity index (χ3v) is 2.79. The molecule has 0 saturated carbocycles. The number of hydrogen-bond donors (Lipinski definition) is 1. The van der Waals surface area contributed by atoms with Gasteiger partial charge in [-0.15, -0.1) is 0 Å². The Morgan fingerprint density at radius 1 is 1.33 bits per heavy atom. The van der Waals surface area contributed by atoms with Gasteiger partial charge in [-0.25, -0.2) is 0 Å². The molecule has 0 saturated heterocycles. The topological polar surface area (TPSA) is 25.0 Å². The maximum absolute atomic E-state index is 5.21. The molecule has 1 N–H and O–H groups in total. The van der Waals surface area contributed by atoms with E-state index in [-0.39, 0.29) is 0 Å². The zero-order chi connectivity index (χ0) is 8.55. The predicted molar refractivity (Wildman–Crippen MR) is 57.6 cm³/mol. The molecule has 0 fully saturated rings. The lowest BCUT2D eigenvalue weighted by atomic mass is 10.2. The monoisotopic (exact) mass is 273 g/mol. The molecule has 0 atom stereocenters. The van der Waals surface area contributed by atoms with Gasteiger partial charge in [-0.1, -0.05) is 0 Å². The standard InChI is InChI=1S/C9H8INO/c1-12-8-3-2-7(10)6-4-5-11-9(6)8/h2-5,11H,1H3. The molecular weight excluding hydrogens is 265 g/mol. The van der Waals surface area contributed by atoms with Crippen LogP contribution in [0.1, 0.15) is 0 Å². The number of H-pyrrole nitrogens is 1. The lowest BCUT2D eigenvalue weighted by Crippen LogP contribution is -1.84. The number of halogens is 1. The summed E-state index contributed by atoms with van der Waals surface area (Å²) in [6.45, 7) is 0. The minimum atomic E-state index is 0.899. The van der Waals surface area contributed by atoms with Crippen molar-refractivity contribution in [3.05, 3.63) is 28.0 Å². The molecule has 1 heterocycles. The van der Waals surface area contributed by atoms with Gasteiger partial charge in [-0.05, 0) is 40.8 Å². The molecule has 3 heteroatoms. The Bertz CT molecular complexity index is 408. The molecule has 0 unspecified atom stereocenters. The summed E-state index contributed by atoms with van der Waals surface area (Å²) in [4.78, 5) is 3.15. The molecule has 0 radical (unpaired) electrons. The van der Waals surface area contributed by atoms with Gasteiger partial charge in [-0.3, -0.25) is 0 Å². The van der Waals surface area contributed by atoms with Crippen LogP contribution in [0.4, 0.5) is 0 Å². The first-order valence-electron chi connectivity index (χ1n) is 3.62. The third kappa shape index (κ3) is 1.08. The van der Waals surface area contributed by atoms with Crippen molar-refractivity contribution in [2.45, 2.75) is 0 Å². The van der Waals surface area contributed by atoms with Crippen molar-refractivity contribution in [3.63, 3.8) is 0 Å². The summed E-state index contributed by atoms with van der Waals surface area (Å²) in [6.07, 6.45) is 1.93. The molecule has 0 aliphatic carbocycles. The van der Waals surface area contributed by atoms with Gasteiger partial charge in [0.05, 0.1) is 12.6 Å². The highest BCUT2D eigenvalue weighted by molar-refractivity contribution is 14.1. The summed E-state index contributed by atoms with van der Waals surface area (Å²) in [5.41, 5.74) is 1.07. The molecule has 1 aromatic heterocycles. The fraction of sp³-hybridized carbons (Fsp3) is 0.111. The van der Waals surface area contributed by atoms with Crippen molar-refractivity contribution in [2.75, 3.05) is 7.11 Å². The molecule has 1 aromatic carbocycles. The number of aromatic amines is 1. The summed E-state index contributed by atoms with van der Waals surface area (Å²) in [7, 11) is 1.68.